The number of benzene rings is 1. The molecule has 0 radical (unpaired) electrons. The van der Waals surface area contributed by atoms with E-state index < -0.39 is 5.54 Å². The van der Waals surface area contributed by atoms with E-state index in [-0.39, 0.29) is 11.9 Å². The molecule has 3 N–H and O–H groups in total. The number of methoxy groups -OCH3 is 1. The molecule has 0 unspecified atom stereocenters. The van der Waals surface area contributed by atoms with E-state index in [1.54, 1.807) is 18.2 Å². The Morgan fingerprint density at radius 2 is 1.95 bits per heavy atom. The van der Waals surface area contributed by atoms with E-state index in [4.69, 9.17) is 10.5 Å². The lowest BCUT2D eigenvalue weighted by molar-refractivity contribution is -0.148. The summed E-state index contributed by atoms with van der Waals surface area (Å²) in [7, 11) is 1.35. The van der Waals surface area contributed by atoms with Gasteiger partial charge in [-0.15, -0.1) is 0 Å². The molecule has 0 aliphatic heterocycles. The molecule has 5 nitrogen and oxygen atoms in total. The summed E-state index contributed by atoms with van der Waals surface area (Å²) in [5.41, 5.74) is 6.69. The lowest BCUT2D eigenvalue weighted by atomic mass is 9.96. The Labute approximate surface area is 118 Å². The monoisotopic (exact) mass is 276 g/mol. The Balaban J connectivity index is 2.25. The van der Waals surface area contributed by atoms with Crippen molar-refractivity contribution in [3.8, 4) is 0 Å². The quantitative estimate of drug-likeness (QED) is 0.651. The molecule has 2 rings (SSSR count). The summed E-state index contributed by atoms with van der Waals surface area (Å²) in [4.78, 5) is 24.4. The Morgan fingerprint density at radius 1 is 1.30 bits per heavy atom. The zero-order chi connectivity index (χ0) is 14.8. The Kier molecular flexibility index (Phi) is 3.97. The van der Waals surface area contributed by atoms with Crippen LogP contribution in [0.4, 0.5) is 5.69 Å². The maximum absolute atomic E-state index is 12.4. The van der Waals surface area contributed by atoms with Crippen molar-refractivity contribution < 1.29 is 14.3 Å². The van der Waals surface area contributed by atoms with Crippen molar-refractivity contribution in [3.63, 3.8) is 0 Å². The van der Waals surface area contributed by atoms with Crippen LogP contribution < -0.4 is 11.1 Å². The van der Waals surface area contributed by atoms with E-state index in [0.717, 1.165) is 18.4 Å². The maximum Gasteiger partial charge on any atom is 0.331 e. The second kappa shape index (κ2) is 5.53. The summed E-state index contributed by atoms with van der Waals surface area (Å²) in [6.45, 7) is 1.84. The fourth-order valence-corrected chi connectivity index (χ4v) is 2.72. The van der Waals surface area contributed by atoms with Crippen molar-refractivity contribution in [2.75, 3.05) is 12.8 Å². The molecule has 108 valence electrons. The summed E-state index contributed by atoms with van der Waals surface area (Å²) in [6.07, 6.45) is 3.05. The van der Waals surface area contributed by atoms with E-state index in [9.17, 15) is 9.59 Å². The first-order valence-corrected chi connectivity index (χ1v) is 6.75. The van der Waals surface area contributed by atoms with Crippen LogP contribution in [0.3, 0.4) is 0 Å². The van der Waals surface area contributed by atoms with Crippen LogP contribution in [0, 0.1) is 6.92 Å². The minimum atomic E-state index is -0.886. The number of hydrogen-bond donors (Lipinski definition) is 2. The van der Waals surface area contributed by atoms with Gasteiger partial charge < -0.3 is 15.8 Å². The number of esters is 1. The van der Waals surface area contributed by atoms with Crippen LogP contribution in [-0.2, 0) is 9.53 Å². The number of carbonyl (C=O) groups excluding carboxylic acids is 2. The third-order valence-electron chi connectivity index (χ3n) is 3.89. The molecule has 1 aromatic carbocycles. The highest BCUT2D eigenvalue weighted by Gasteiger charge is 2.43. The molecule has 1 saturated carbocycles. The number of rotatable bonds is 3. The second-order valence-electron chi connectivity index (χ2n) is 5.31. The number of carbonyl (C=O) groups is 2. The standard InChI is InChI=1S/C15H20N2O3/c1-10-5-6-11(16)9-12(10)13(18)17-15(14(19)20-2)7-3-4-8-15/h5-6,9H,3-4,7-8,16H2,1-2H3,(H,17,18). The third kappa shape index (κ3) is 2.61. The highest BCUT2D eigenvalue weighted by atomic mass is 16.5. The molecule has 0 heterocycles. The van der Waals surface area contributed by atoms with Crippen molar-refractivity contribution in [1.29, 1.82) is 0 Å². The average molecular weight is 276 g/mol. The van der Waals surface area contributed by atoms with Gasteiger partial charge in [-0.2, -0.15) is 0 Å². The van der Waals surface area contributed by atoms with Crippen molar-refractivity contribution in [2.24, 2.45) is 0 Å². The number of aryl methyl sites for hydroxylation is 1. The number of nitrogen functional groups attached to an aromatic ring is 1. The van der Waals surface area contributed by atoms with Crippen molar-refractivity contribution in [2.45, 2.75) is 38.1 Å². The van der Waals surface area contributed by atoms with Crippen LogP contribution >= 0.6 is 0 Å². The van der Waals surface area contributed by atoms with Crippen LogP contribution in [0.1, 0.15) is 41.6 Å². The number of anilines is 1. The van der Waals surface area contributed by atoms with E-state index in [2.05, 4.69) is 5.32 Å². The van der Waals surface area contributed by atoms with E-state index in [0.29, 0.717) is 24.1 Å². The SMILES string of the molecule is COC(=O)C1(NC(=O)c2cc(N)ccc2C)CCCC1. The van der Waals surface area contributed by atoms with E-state index >= 15 is 0 Å². The minimum absolute atomic E-state index is 0.276. The molecular formula is C15H20N2O3. The number of nitrogens with one attached hydrogen (secondary N) is 1. The minimum Gasteiger partial charge on any atom is -0.467 e. The molecule has 20 heavy (non-hydrogen) atoms. The van der Waals surface area contributed by atoms with Crippen LogP contribution in [0.25, 0.3) is 0 Å². The Hall–Kier alpha value is -2.04. The van der Waals surface area contributed by atoms with Gasteiger partial charge in [0.05, 0.1) is 7.11 Å². The summed E-state index contributed by atoms with van der Waals surface area (Å²) < 4.78 is 4.85. The molecule has 0 aromatic heterocycles. The molecule has 0 spiro atoms. The van der Waals surface area contributed by atoms with Gasteiger partial charge in [-0.1, -0.05) is 18.9 Å². The highest BCUT2D eigenvalue weighted by molar-refractivity contribution is 6.00. The second-order valence-corrected chi connectivity index (χ2v) is 5.31. The van der Waals surface area contributed by atoms with Crippen LogP contribution in [-0.4, -0.2) is 24.5 Å². The van der Waals surface area contributed by atoms with Gasteiger partial charge in [0.25, 0.3) is 5.91 Å². The molecule has 0 bridgehead atoms. The van der Waals surface area contributed by atoms with Crippen LogP contribution in [0.15, 0.2) is 18.2 Å². The Morgan fingerprint density at radius 3 is 2.55 bits per heavy atom. The molecule has 1 aliphatic rings. The summed E-state index contributed by atoms with van der Waals surface area (Å²) in [5.74, 6) is -0.646. The van der Waals surface area contributed by atoms with Gasteiger partial charge in [0.1, 0.15) is 5.54 Å². The van der Waals surface area contributed by atoms with Gasteiger partial charge in [0.15, 0.2) is 0 Å². The molecule has 0 saturated heterocycles. The lowest BCUT2D eigenvalue weighted by Gasteiger charge is -2.27. The zero-order valence-corrected chi connectivity index (χ0v) is 11.9. The largest absolute Gasteiger partial charge is 0.467 e. The predicted molar refractivity (Wildman–Crippen MR) is 76.3 cm³/mol. The maximum atomic E-state index is 12.4. The van der Waals surface area contributed by atoms with Crippen molar-refractivity contribution >= 4 is 17.6 Å². The number of nitrogens with two attached hydrogens (primary N) is 1. The van der Waals surface area contributed by atoms with Gasteiger partial charge >= 0.3 is 5.97 Å². The molecule has 5 heteroatoms. The fraction of sp³-hybridized carbons (Fsp3) is 0.467. The van der Waals surface area contributed by atoms with Gasteiger partial charge in [-0.3, -0.25) is 4.79 Å². The normalized spacial score (nSPS) is 16.7. The Bertz CT molecular complexity index is 534. The zero-order valence-electron chi connectivity index (χ0n) is 11.9. The predicted octanol–water partition coefficient (Wildman–Crippen LogP) is 1.79. The summed E-state index contributed by atoms with van der Waals surface area (Å²) >= 11 is 0. The number of hydrogen-bond acceptors (Lipinski definition) is 4. The van der Waals surface area contributed by atoms with E-state index in [1.807, 2.05) is 6.92 Å². The average Bonchev–Trinajstić information content (AvgIpc) is 2.90. The van der Waals surface area contributed by atoms with Crippen molar-refractivity contribution in [1.82, 2.24) is 5.32 Å². The molecule has 1 aliphatic carbocycles. The number of ether oxygens (including phenoxy) is 1. The topological polar surface area (TPSA) is 81.4 Å². The molecule has 1 amide bonds. The van der Waals surface area contributed by atoms with Crippen LogP contribution in [0.5, 0.6) is 0 Å². The third-order valence-corrected chi connectivity index (χ3v) is 3.89. The highest BCUT2D eigenvalue weighted by Crippen LogP contribution is 2.31. The molecular weight excluding hydrogens is 256 g/mol. The number of amides is 1. The van der Waals surface area contributed by atoms with Crippen LogP contribution in [0.2, 0.25) is 0 Å². The fourth-order valence-electron chi connectivity index (χ4n) is 2.72. The van der Waals surface area contributed by atoms with Gasteiger partial charge in [0.2, 0.25) is 0 Å². The van der Waals surface area contributed by atoms with Gasteiger partial charge in [-0.25, -0.2) is 4.79 Å². The van der Waals surface area contributed by atoms with Crippen molar-refractivity contribution in [3.05, 3.63) is 29.3 Å². The van der Waals surface area contributed by atoms with E-state index in [1.165, 1.54) is 7.11 Å². The smallest absolute Gasteiger partial charge is 0.331 e. The summed E-state index contributed by atoms with van der Waals surface area (Å²) in [5, 5.41) is 2.86. The lowest BCUT2D eigenvalue weighted by Crippen LogP contribution is -2.53. The first-order chi connectivity index (χ1) is 9.48. The molecule has 1 fully saturated rings. The molecule has 1 aromatic rings. The summed E-state index contributed by atoms with van der Waals surface area (Å²) in [6, 6.07) is 5.17. The first kappa shape index (κ1) is 14.4. The molecule has 0 atom stereocenters. The van der Waals surface area contributed by atoms with Gasteiger partial charge in [0, 0.05) is 11.3 Å². The van der Waals surface area contributed by atoms with Gasteiger partial charge in [-0.05, 0) is 37.5 Å². The first-order valence-electron chi connectivity index (χ1n) is 6.75.